The first kappa shape index (κ1) is 29.2. The van der Waals surface area contributed by atoms with E-state index in [-0.39, 0.29) is 17.2 Å². The van der Waals surface area contributed by atoms with Crippen molar-refractivity contribution in [3.63, 3.8) is 0 Å². The largest absolute Gasteiger partial charge is 0.478 e. The van der Waals surface area contributed by atoms with Crippen LogP contribution in [0.5, 0.6) is 5.88 Å². The van der Waals surface area contributed by atoms with Gasteiger partial charge in [0.05, 0.1) is 24.3 Å². The average molecular weight is 534 g/mol. The molecular formula is C29H34F3NO5. The maximum Gasteiger partial charge on any atom is 0.416 e. The van der Waals surface area contributed by atoms with Gasteiger partial charge in [-0.2, -0.15) is 18.2 Å². The van der Waals surface area contributed by atoms with Crippen molar-refractivity contribution in [2.75, 3.05) is 13.2 Å². The molecule has 0 fully saturated rings. The van der Waals surface area contributed by atoms with Crippen molar-refractivity contribution in [3.8, 4) is 17.0 Å². The predicted octanol–water partition coefficient (Wildman–Crippen LogP) is 7.72. The first-order valence-electron chi connectivity index (χ1n) is 13.2. The maximum atomic E-state index is 12.8. The normalized spacial score (nSPS) is 11.6. The molecule has 9 heteroatoms. The lowest BCUT2D eigenvalue weighted by Crippen LogP contribution is -2.06. The highest BCUT2D eigenvalue weighted by atomic mass is 19.4. The van der Waals surface area contributed by atoms with Gasteiger partial charge < -0.3 is 13.9 Å². The molecule has 1 aromatic carbocycles. The van der Waals surface area contributed by atoms with E-state index >= 15 is 0 Å². The number of ether oxygens (including phenoxy) is 2. The van der Waals surface area contributed by atoms with Crippen LogP contribution >= 0.6 is 0 Å². The molecule has 6 nitrogen and oxygen atoms in total. The Bertz CT molecular complexity index is 1220. The van der Waals surface area contributed by atoms with Gasteiger partial charge in [-0.15, -0.1) is 0 Å². The Morgan fingerprint density at radius 2 is 1.47 bits per heavy atom. The summed E-state index contributed by atoms with van der Waals surface area (Å²) >= 11 is 0. The number of benzene rings is 1. The fraction of sp³-hybridized carbons (Fsp3) is 0.483. The summed E-state index contributed by atoms with van der Waals surface area (Å²) in [5.41, 5.74) is -0.842. The summed E-state index contributed by atoms with van der Waals surface area (Å²) in [6.45, 7) is 2.82. The zero-order chi connectivity index (χ0) is 27.4. The number of halogens is 3. The molecule has 206 valence electrons. The number of fused-ring (bicyclic) bond motifs is 1. The summed E-state index contributed by atoms with van der Waals surface area (Å²) < 4.78 is 54.5. The van der Waals surface area contributed by atoms with Gasteiger partial charge in [-0.05, 0) is 42.7 Å². The maximum absolute atomic E-state index is 12.8. The standard InChI is InChI=1S/C29H34F3NO5/c1-2-26(34)37-19-11-9-7-5-3-4-6-8-10-18-36-25-17-14-22-20-24(28(35)38-27(22)33-25)21-12-15-23(16-13-21)29(30,31)32/h12-17,20H,2-11,18-19H2,1H3. The summed E-state index contributed by atoms with van der Waals surface area (Å²) in [6, 6.07) is 9.32. The van der Waals surface area contributed by atoms with Crippen molar-refractivity contribution in [1.82, 2.24) is 4.98 Å². The van der Waals surface area contributed by atoms with Crippen LogP contribution in [0.2, 0.25) is 0 Å². The number of esters is 1. The lowest BCUT2D eigenvalue weighted by Gasteiger charge is -2.08. The van der Waals surface area contributed by atoms with Crippen molar-refractivity contribution < 1.29 is 31.9 Å². The van der Waals surface area contributed by atoms with E-state index in [9.17, 15) is 22.8 Å². The minimum absolute atomic E-state index is 0.117. The van der Waals surface area contributed by atoms with Gasteiger partial charge in [0.1, 0.15) is 0 Å². The van der Waals surface area contributed by atoms with Gasteiger partial charge in [0.2, 0.25) is 11.6 Å². The minimum atomic E-state index is -4.44. The van der Waals surface area contributed by atoms with Crippen LogP contribution in [0.1, 0.15) is 76.7 Å². The zero-order valence-electron chi connectivity index (χ0n) is 21.6. The molecule has 3 rings (SSSR count). The molecule has 0 radical (unpaired) electrons. The molecule has 0 amide bonds. The number of aromatic nitrogens is 1. The lowest BCUT2D eigenvalue weighted by molar-refractivity contribution is -0.143. The number of carbonyl (C=O) groups excluding carboxylic acids is 1. The summed E-state index contributed by atoms with van der Waals surface area (Å²) in [6.07, 6.45) is 5.76. The molecule has 0 bridgehead atoms. The quantitative estimate of drug-likeness (QED) is 0.147. The van der Waals surface area contributed by atoms with Crippen LogP contribution in [0.3, 0.4) is 0 Å². The van der Waals surface area contributed by atoms with Gasteiger partial charge in [0.25, 0.3) is 0 Å². The molecule has 0 aliphatic rings. The number of rotatable bonds is 15. The van der Waals surface area contributed by atoms with Gasteiger partial charge in [0.15, 0.2) is 0 Å². The van der Waals surface area contributed by atoms with Gasteiger partial charge in [-0.1, -0.05) is 64.0 Å². The van der Waals surface area contributed by atoms with Crippen molar-refractivity contribution in [2.45, 2.75) is 77.3 Å². The van der Waals surface area contributed by atoms with E-state index < -0.39 is 17.4 Å². The number of unbranched alkanes of at least 4 members (excludes halogenated alkanes) is 8. The molecule has 2 aromatic heterocycles. The van der Waals surface area contributed by atoms with Crippen LogP contribution in [0.25, 0.3) is 22.2 Å². The third-order valence-corrected chi connectivity index (χ3v) is 6.19. The number of carbonyl (C=O) groups is 1. The van der Waals surface area contributed by atoms with E-state index in [0.717, 1.165) is 50.7 Å². The van der Waals surface area contributed by atoms with Crippen LogP contribution in [-0.2, 0) is 15.7 Å². The number of hydrogen-bond donors (Lipinski definition) is 0. The Hall–Kier alpha value is -3.36. The summed E-state index contributed by atoms with van der Waals surface area (Å²) in [5.74, 6) is 0.220. The number of alkyl halides is 3. The molecule has 0 atom stereocenters. The Kier molecular flexibility index (Phi) is 11.2. The smallest absolute Gasteiger partial charge is 0.416 e. The Morgan fingerprint density at radius 1 is 0.868 bits per heavy atom. The molecule has 0 saturated carbocycles. The fourth-order valence-electron chi connectivity index (χ4n) is 4.01. The van der Waals surface area contributed by atoms with Gasteiger partial charge in [0, 0.05) is 17.9 Å². The molecule has 38 heavy (non-hydrogen) atoms. The van der Waals surface area contributed by atoms with Crippen LogP contribution in [-0.4, -0.2) is 24.2 Å². The second kappa shape index (κ2) is 14.5. The molecule has 0 N–H and O–H groups in total. The van der Waals surface area contributed by atoms with Gasteiger partial charge in [-0.3, -0.25) is 4.79 Å². The molecule has 0 saturated heterocycles. The first-order valence-corrected chi connectivity index (χ1v) is 13.2. The highest BCUT2D eigenvalue weighted by Gasteiger charge is 2.30. The van der Waals surface area contributed by atoms with E-state index in [4.69, 9.17) is 13.9 Å². The van der Waals surface area contributed by atoms with E-state index in [1.165, 1.54) is 31.4 Å². The van der Waals surface area contributed by atoms with Crippen LogP contribution in [0.4, 0.5) is 13.2 Å². The van der Waals surface area contributed by atoms with E-state index in [1.807, 2.05) is 0 Å². The number of nitrogens with zero attached hydrogens (tertiary/aromatic N) is 1. The molecule has 0 spiro atoms. The SMILES string of the molecule is CCC(=O)OCCCCCCCCCCCOc1ccc2cc(-c3ccc(C(F)(F)F)cc3)c(=O)oc2n1. The van der Waals surface area contributed by atoms with Gasteiger partial charge >= 0.3 is 17.8 Å². The fourth-order valence-corrected chi connectivity index (χ4v) is 4.01. The van der Waals surface area contributed by atoms with Crippen LogP contribution < -0.4 is 10.4 Å². The molecular weight excluding hydrogens is 499 g/mol. The van der Waals surface area contributed by atoms with Crippen LogP contribution in [0, 0.1) is 0 Å². The third-order valence-electron chi connectivity index (χ3n) is 6.19. The van der Waals surface area contributed by atoms with E-state index in [0.29, 0.717) is 36.5 Å². The van der Waals surface area contributed by atoms with Crippen LogP contribution in [0.15, 0.2) is 51.7 Å². The molecule has 0 unspecified atom stereocenters. The van der Waals surface area contributed by atoms with E-state index in [2.05, 4.69) is 4.98 Å². The number of pyridine rings is 1. The zero-order valence-corrected chi connectivity index (χ0v) is 21.6. The molecule has 2 heterocycles. The Balaban J connectivity index is 1.36. The highest BCUT2D eigenvalue weighted by molar-refractivity contribution is 5.79. The second-order valence-corrected chi connectivity index (χ2v) is 9.17. The topological polar surface area (TPSA) is 78.6 Å². The van der Waals surface area contributed by atoms with Gasteiger partial charge in [-0.25, -0.2) is 4.79 Å². The Morgan fingerprint density at radius 3 is 2.08 bits per heavy atom. The summed E-state index contributed by atoms with van der Waals surface area (Å²) in [7, 11) is 0. The second-order valence-electron chi connectivity index (χ2n) is 9.17. The highest BCUT2D eigenvalue weighted by Crippen LogP contribution is 2.31. The van der Waals surface area contributed by atoms with Crippen molar-refractivity contribution in [1.29, 1.82) is 0 Å². The minimum Gasteiger partial charge on any atom is -0.478 e. The lowest BCUT2D eigenvalue weighted by atomic mass is 10.0. The van der Waals surface area contributed by atoms with Crippen molar-refractivity contribution >= 4 is 17.1 Å². The Labute approximate surface area is 220 Å². The molecule has 3 aromatic rings. The third kappa shape index (κ3) is 9.19. The summed E-state index contributed by atoms with van der Waals surface area (Å²) in [5, 5.41) is 0.550. The van der Waals surface area contributed by atoms with Crippen molar-refractivity contribution in [3.05, 3.63) is 58.4 Å². The average Bonchev–Trinajstić information content (AvgIpc) is 2.90. The molecule has 0 aliphatic carbocycles. The summed E-state index contributed by atoms with van der Waals surface area (Å²) in [4.78, 5) is 27.8. The monoisotopic (exact) mass is 533 g/mol. The van der Waals surface area contributed by atoms with Crippen molar-refractivity contribution in [2.24, 2.45) is 0 Å². The molecule has 0 aliphatic heterocycles. The van der Waals surface area contributed by atoms with E-state index in [1.54, 1.807) is 25.1 Å². The number of hydrogen-bond acceptors (Lipinski definition) is 6. The first-order chi connectivity index (χ1) is 18.3. The predicted molar refractivity (Wildman–Crippen MR) is 139 cm³/mol.